The summed E-state index contributed by atoms with van der Waals surface area (Å²) in [5.41, 5.74) is 7.23. The number of nitrogens with two attached hydrogens (primary N) is 1. The van der Waals surface area contributed by atoms with Gasteiger partial charge < -0.3 is 10.6 Å². The van der Waals surface area contributed by atoms with E-state index in [2.05, 4.69) is 20.9 Å². The fourth-order valence-electron chi connectivity index (χ4n) is 3.37. The first-order valence-electron chi connectivity index (χ1n) is 7.45. The molecule has 3 rings (SSSR count). The van der Waals surface area contributed by atoms with E-state index >= 15 is 0 Å². The zero-order chi connectivity index (χ0) is 13.2. The molecule has 2 N–H and O–H groups in total. The summed E-state index contributed by atoms with van der Waals surface area (Å²) >= 11 is 0. The van der Waals surface area contributed by atoms with E-state index in [9.17, 15) is 0 Å². The largest absolute Gasteiger partial charge is 0.355 e. The summed E-state index contributed by atoms with van der Waals surface area (Å²) in [4.78, 5) is 9.64. The van der Waals surface area contributed by atoms with Crippen LogP contribution in [0.25, 0.3) is 0 Å². The van der Waals surface area contributed by atoms with Crippen LogP contribution in [0.3, 0.4) is 0 Å². The fourth-order valence-corrected chi connectivity index (χ4v) is 3.37. The van der Waals surface area contributed by atoms with Crippen LogP contribution in [0.5, 0.6) is 0 Å². The second-order valence-electron chi connectivity index (χ2n) is 5.84. The first-order chi connectivity index (χ1) is 9.25. The highest BCUT2D eigenvalue weighted by atomic mass is 15.3. The molecule has 0 radical (unpaired) electrons. The van der Waals surface area contributed by atoms with Crippen molar-refractivity contribution in [1.82, 2.24) is 9.88 Å². The van der Waals surface area contributed by atoms with Gasteiger partial charge in [-0.05, 0) is 45.3 Å². The minimum Gasteiger partial charge on any atom is -0.355 e. The van der Waals surface area contributed by atoms with Gasteiger partial charge in [0.05, 0.1) is 0 Å². The van der Waals surface area contributed by atoms with Crippen molar-refractivity contribution in [3.05, 3.63) is 23.9 Å². The lowest BCUT2D eigenvalue weighted by molar-refractivity contribution is 0.260. The molecule has 0 bridgehead atoms. The van der Waals surface area contributed by atoms with Gasteiger partial charge in [-0.2, -0.15) is 0 Å². The molecule has 19 heavy (non-hydrogen) atoms. The van der Waals surface area contributed by atoms with Crippen LogP contribution < -0.4 is 10.6 Å². The van der Waals surface area contributed by atoms with Crippen molar-refractivity contribution in [2.75, 3.05) is 31.1 Å². The Hall–Kier alpha value is -1.13. The summed E-state index contributed by atoms with van der Waals surface area (Å²) < 4.78 is 0. The number of hydrogen-bond acceptors (Lipinski definition) is 4. The molecular weight excluding hydrogens is 236 g/mol. The average molecular weight is 260 g/mol. The van der Waals surface area contributed by atoms with Crippen molar-refractivity contribution in [2.45, 2.75) is 38.3 Å². The molecule has 2 saturated heterocycles. The molecule has 0 amide bonds. The Morgan fingerprint density at radius 3 is 2.84 bits per heavy atom. The summed E-state index contributed by atoms with van der Waals surface area (Å²) in [6, 6.07) is 4.85. The Balaban J connectivity index is 1.73. The van der Waals surface area contributed by atoms with Crippen molar-refractivity contribution in [1.29, 1.82) is 0 Å². The molecule has 0 aliphatic carbocycles. The number of pyridine rings is 1. The number of hydrogen-bond donors (Lipinski definition) is 1. The molecular formula is C15H24N4. The highest BCUT2D eigenvalue weighted by Gasteiger charge is 2.30. The van der Waals surface area contributed by atoms with Crippen molar-refractivity contribution < 1.29 is 0 Å². The Bertz CT molecular complexity index is 426. The van der Waals surface area contributed by atoms with Gasteiger partial charge in [-0.25, -0.2) is 4.98 Å². The lowest BCUT2D eigenvalue weighted by atomic mass is 10.1. The summed E-state index contributed by atoms with van der Waals surface area (Å²) in [5.74, 6) is 1.10. The zero-order valence-electron chi connectivity index (χ0n) is 11.8. The third kappa shape index (κ3) is 2.60. The van der Waals surface area contributed by atoms with Crippen molar-refractivity contribution in [2.24, 2.45) is 5.73 Å². The Kier molecular flexibility index (Phi) is 3.71. The first kappa shape index (κ1) is 12.9. The minimum atomic E-state index is 0.0505. The molecule has 1 aromatic heterocycles. The van der Waals surface area contributed by atoms with E-state index in [0.29, 0.717) is 6.04 Å². The van der Waals surface area contributed by atoms with Gasteiger partial charge in [0.1, 0.15) is 5.82 Å². The quantitative estimate of drug-likeness (QED) is 0.900. The predicted molar refractivity (Wildman–Crippen MR) is 78.3 cm³/mol. The van der Waals surface area contributed by atoms with Crippen LogP contribution in [0, 0.1) is 0 Å². The normalized spacial score (nSPS) is 26.0. The second kappa shape index (κ2) is 5.47. The first-order valence-corrected chi connectivity index (χ1v) is 7.45. The fraction of sp³-hybridized carbons (Fsp3) is 0.667. The molecule has 0 saturated carbocycles. The predicted octanol–water partition coefficient (Wildman–Crippen LogP) is 1.78. The van der Waals surface area contributed by atoms with Gasteiger partial charge in [-0.3, -0.25) is 4.90 Å². The average Bonchev–Trinajstić information content (AvgIpc) is 3.09. The van der Waals surface area contributed by atoms with Gasteiger partial charge in [0.25, 0.3) is 0 Å². The highest BCUT2D eigenvalue weighted by molar-refractivity contribution is 5.49. The molecule has 3 heterocycles. The van der Waals surface area contributed by atoms with Crippen LogP contribution in [0.2, 0.25) is 0 Å². The third-order valence-electron chi connectivity index (χ3n) is 4.43. The van der Waals surface area contributed by atoms with Gasteiger partial charge in [-0.1, -0.05) is 6.07 Å². The molecule has 4 nitrogen and oxygen atoms in total. The topological polar surface area (TPSA) is 45.4 Å². The molecule has 0 aromatic carbocycles. The Labute approximate surface area is 115 Å². The van der Waals surface area contributed by atoms with E-state index in [1.165, 1.54) is 37.9 Å². The molecule has 0 spiro atoms. The number of aromatic nitrogens is 1. The van der Waals surface area contributed by atoms with E-state index < -0.39 is 0 Å². The van der Waals surface area contributed by atoms with Crippen LogP contribution in [0.15, 0.2) is 18.3 Å². The van der Waals surface area contributed by atoms with Crippen molar-refractivity contribution in [3.8, 4) is 0 Å². The standard InChI is InChI=1S/C15H24N4/c1-12(16)14-5-4-7-17-15(14)19-10-6-13(11-19)18-8-2-3-9-18/h4-5,7,12-13H,2-3,6,8-11,16H2,1H3/t12-,13?/m0/s1. The van der Waals surface area contributed by atoms with Crippen LogP contribution in [-0.4, -0.2) is 42.1 Å². The number of anilines is 1. The lowest BCUT2D eigenvalue weighted by Crippen LogP contribution is -2.35. The molecule has 104 valence electrons. The van der Waals surface area contributed by atoms with E-state index in [0.717, 1.165) is 18.9 Å². The smallest absolute Gasteiger partial charge is 0.133 e. The zero-order valence-corrected chi connectivity index (χ0v) is 11.8. The molecule has 1 unspecified atom stereocenters. The molecule has 2 aliphatic heterocycles. The maximum absolute atomic E-state index is 6.06. The SMILES string of the molecule is C[C@H](N)c1cccnc1N1CCC(N2CCCC2)C1. The van der Waals surface area contributed by atoms with E-state index in [-0.39, 0.29) is 6.04 Å². The van der Waals surface area contributed by atoms with Gasteiger partial charge in [0.15, 0.2) is 0 Å². The summed E-state index contributed by atoms with van der Waals surface area (Å²) in [6.07, 6.45) is 5.87. The van der Waals surface area contributed by atoms with Crippen molar-refractivity contribution in [3.63, 3.8) is 0 Å². The summed E-state index contributed by atoms with van der Waals surface area (Å²) in [6.45, 7) is 6.81. The van der Waals surface area contributed by atoms with Crippen LogP contribution >= 0.6 is 0 Å². The molecule has 1 aromatic rings. The maximum Gasteiger partial charge on any atom is 0.133 e. The molecule has 2 fully saturated rings. The highest BCUT2D eigenvalue weighted by Crippen LogP contribution is 2.28. The van der Waals surface area contributed by atoms with Gasteiger partial charge >= 0.3 is 0 Å². The Morgan fingerprint density at radius 2 is 2.11 bits per heavy atom. The van der Waals surface area contributed by atoms with E-state index in [4.69, 9.17) is 5.73 Å². The van der Waals surface area contributed by atoms with E-state index in [1.54, 1.807) is 0 Å². The summed E-state index contributed by atoms with van der Waals surface area (Å²) in [5, 5.41) is 0. The van der Waals surface area contributed by atoms with Crippen molar-refractivity contribution >= 4 is 5.82 Å². The Morgan fingerprint density at radius 1 is 1.32 bits per heavy atom. The maximum atomic E-state index is 6.06. The van der Waals surface area contributed by atoms with Gasteiger partial charge in [0, 0.05) is 36.9 Å². The second-order valence-corrected chi connectivity index (χ2v) is 5.84. The van der Waals surface area contributed by atoms with Gasteiger partial charge in [0.2, 0.25) is 0 Å². The molecule has 2 aliphatic rings. The molecule has 2 atom stereocenters. The van der Waals surface area contributed by atoms with Gasteiger partial charge in [-0.15, -0.1) is 0 Å². The monoisotopic (exact) mass is 260 g/mol. The van der Waals surface area contributed by atoms with Crippen LogP contribution in [0.1, 0.15) is 37.8 Å². The number of likely N-dealkylation sites (tertiary alicyclic amines) is 1. The minimum absolute atomic E-state index is 0.0505. The van der Waals surface area contributed by atoms with E-state index in [1.807, 2.05) is 19.2 Å². The number of rotatable bonds is 3. The molecule has 4 heteroatoms. The number of nitrogens with zero attached hydrogens (tertiary/aromatic N) is 3. The summed E-state index contributed by atoms with van der Waals surface area (Å²) in [7, 11) is 0. The van der Waals surface area contributed by atoms with Crippen LogP contribution in [0.4, 0.5) is 5.82 Å². The third-order valence-corrected chi connectivity index (χ3v) is 4.43. The lowest BCUT2D eigenvalue weighted by Gasteiger charge is -2.25. The van der Waals surface area contributed by atoms with Crippen LogP contribution in [-0.2, 0) is 0 Å².